The van der Waals surface area contributed by atoms with Crippen molar-refractivity contribution in [1.82, 2.24) is 14.9 Å². The topological polar surface area (TPSA) is 29.9 Å². The van der Waals surface area contributed by atoms with Crippen molar-refractivity contribution < 1.29 is 4.39 Å². The molecule has 114 valence electrons. The molecule has 4 heteroatoms. The number of benzene rings is 1. The molecular weight excluding hydrogens is 265 g/mol. The summed E-state index contributed by atoms with van der Waals surface area (Å²) in [6, 6.07) is 4.99. The van der Waals surface area contributed by atoms with Crippen molar-refractivity contribution in [3.05, 3.63) is 53.4 Å². The fourth-order valence-electron chi connectivity index (χ4n) is 2.37. The second kappa shape index (κ2) is 7.36. The number of halogens is 1. The highest BCUT2D eigenvalue weighted by Gasteiger charge is 2.05. The lowest BCUT2D eigenvalue weighted by Crippen LogP contribution is -2.21. The summed E-state index contributed by atoms with van der Waals surface area (Å²) in [6.45, 7) is 9.05. The molecule has 1 aromatic carbocycles. The Kier molecular flexibility index (Phi) is 5.51. The first-order valence-corrected chi connectivity index (χ1v) is 7.51. The molecule has 0 spiro atoms. The van der Waals surface area contributed by atoms with Gasteiger partial charge >= 0.3 is 0 Å². The summed E-state index contributed by atoms with van der Waals surface area (Å²) < 4.78 is 15.3. The molecule has 0 saturated carbocycles. The standard InChI is InChI=1S/C17H24FN3/c1-13(2)9-19-10-17-11-20-12-21(17)7-6-15-4-5-16(18)8-14(15)3/h4-5,8,11-13,19H,6-7,9-10H2,1-3H3. The first kappa shape index (κ1) is 15.7. The second-order valence-electron chi connectivity index (χ2n) is 5.92. The van der Waals surface area contributed by atoms with Gasteiger partial charge in [0.25, 0.3) is 0 Å². The van der Waals surface area contributed by atoms with Crippen LogP contribution in [0.4, 0.5) is 4.39 Å². The monoisotopic (exact) mass is 289 g/mol. The number of rotatable bonds is 7. The van der Waals surface area contributed by atoms with Crippen LogP contribution in [-0.4, -0.2) is 16.1 Å². The number of imidazole rings is 1. The van der Waals surface area contributed by atoms with Crippen LogP contribution in [0.1, 0.15) is 30.7 Å². The van der Waals surface area contributed by atoms with Gasteiger partial charge in [0.15, 0.2) is 0 Å². The molecule has 0 atom stereocenters. The highest BCUT2D eigenvalue weighted by Crippen LogP contribution is 2.12. The van der Waals surface area contributed by atoms with Gasteiger partial charge in [-0.25, -0.2) is 9.37 Å². The Morgan fingerprint density at radius 2 is 2.14 bits per heavy atom. The third-order valence-corrected chi connectivity index (χ3v) is 3.58. The summed E-state index contributed by atoms with van der Waals surface area (Å²) in [5.41, 5.74) is 3.39. The molecule has 0 radical (unpaired) electrons. The van der Waals surface area contributed by atoms with Crippen LogP contribution in [0.25, 0.3) is 0 Å². The van der Waals surface area contributed by atoms with Gasteiger partial charge in [0.1, 0.15) is 5.82 Å². The third kappa shape index (κ3) is 4.67. The molecule has 2 rings (SSSR count). The highest BCUT2D eigenvalue weighted by atomic mass is 19.1. The van der Waals surface area contributed by atoms with Crippen molar-refractivity contribution in [1.29, 1.82) is 0 Å². The van der Waals surface area contributed by atoms with Gasteiger partial charge in [0, 0.05) is 19.3 Å². The Morgan fingerprint density at radius 3 is 2.86 bits per heavy atom. The Bertz CT molecular complexity index is 575. The van der Waals surface area contributed by atoms with E-state index in [2.05, 4.69) is 28.7 Å². The van der Waals surface area contributed by atoms with Gasteiger partial charge in [-0.1, -0.05) is 19.9 Å². The lowest BCUT2D eigenvalue weighted by atomic mass is 10.1. The SMILES string of the molecule is Cc1cc(F)ccc1CCn1cncc1CNCC(C)C. The molecule has 2 aromatic rings. The van der Waals surface area contributed by atoms with Crippen molar-refractivity contribution in [2.75, 3.05) is 6.54 Å². The summed E-state index contributed by atoms with van der Waals surface area (Å²) in [6.07, 6.45) is 4.66. The Morgan fingerprint density at radius 1 is 1.33 bits per heavy atom. The molecule has 0 aliphatic rings. The molecule has 0 amide bonds. The number of aromatic nitrogens is 2. The summed E-state index contributed by atoms with van der Waals surface area (Å²) in [5.74, 6) is 0.473. The van der Waals surface area contributed by atoms with Crippen LogP contribution in [0, 0.1) is 18.7 Å². The van der Waals surface area contributed by atoms with E-state index in [1.54, 1.807) is 6.07 Å². The van der Waals surface area contributed by atoms with Gasteiger partial charge in [-0.2, -0.15) is 0 Å². The molecule has 3 nitrogen and oxygen atoms in total. The van der Waals surface area contributed by atoms with Crippen LogP contribution in [-0.2, 0) is 19.5 Å². The van der Waals surface area contributed by atoms with E-state index >= 15 is 0 Å². The first-order valence-electron chi connectivity index (χ1n) is 7.51. The predicted octanol–water partition coefficient (Wildman–Crippen LogP) is 3.32. The van der Waals surface area contributed by atoms with Crippen molar-refractivity contribution in [3.63, 3.8) is 0 Å². The van der Waals surface area contributed by atoms with Crippen LogP contribution < -0.4 is 5.32 Å². The Balaban J connectivity index is 1.92. The van der Waals surface area contributed by atoms with Crippen molar-refractivity contribution in [3.8, 4) is 0 Å². The van der Waals surface area contributed by atoms with Gasteiger partial charge in [0.05, 0.1) is 12.0 Å². The van der Waals surface area contributed by atoms with E-state index in [0.29, 0.717) is 5.92 Å². The Hall–Kier alpha value is -1.68. The maximum Gasteiger partial charge on any atom is 0.123 e. The number of nitrogens with zero attached hydrogens (tertiary/aromatic N) is 2. The summed E-state index contributed by atoms with van der Waals surface area (Å²) in [5, 5.41) is 3.43. The molecule has 1 N–H and O–H groups in total. The molecule has 0 aliphatic heterocycles. The summed E-state index contributed by atoms with van der Waals surface area (Å²) in [4.78, 5) is 4.23. The quantitative estimate of drug-likeness (QED) is 0.847. The smallest absolute Gasteiger partial charge is 0.123 e. The predicted molar refractivity (Wildman–Crippen MR) is 83.6 cm³/mol. The molecule has 0 saturated heterocycles. The zero-order valence-electron chi connectivity index (χ0n) is 13.1. The summed E-state index contributed by atoms with van der Waals surface area (Å²) >= 11 is 0. The zero-order chi connectivity index (χ0) is 15.2. The molecular formula is C17H24FN3. The van der Waals surface area contributed by atoms with E-state index in [1.165, 1.54) is 17.3 Å². The number of nitrogens with one attached hydrogen (secondary N) is 1. The molecule has 0 aliphatic carbocycles. The van der Waals surface area contributed by atoms with Crippen LogP contribution in [0.2, 0.25) is 0 Å². The minimum Gasteiger partial charge on any atom is -0.333 e. The molecule has 1 heterocycles. The minimum atomic E-state index is -0.169. The number of hydrogen-bond donors (Lipinski definition) is 1. The largest absolute Gasteiger partial charge is 0.333 e. The Labute approximate surface area is 126 Å². The average molecular weight is 289 g/mol. The lowest BCUT2D eigenvalue weighted by molar-refractivity contribution is 0.533. The van der Waals surface area contributed by atoms with Crippen molar-refractivity contribution in [2.45, 2.75) is 40.3 Å². The van der Waals surface area contributed by atoms with Crippen molar-refractivity contribution >= 4 is 0 Å². The van der Waals surface area contributed by atoms with Gasteiger partial charge in [0.2, 0.25) is 0 Å². The zero-order valence-corrected chi connectivity index (χ0v) is 13.1. The minimum absolute atomic E-state index is 0.169. The maximum atomic E-state index is 13.1. The summed E-state index contributed by atoms with van der Waals surface area (Å²) in [7, 11) is 0. The van der Waals surface area contributed by atoms with Gasteiger partial charge in [-0.05, 0) is 49.1 Å². The molecule has 21 heavy (non-hydrogen) atoms. The van der Waals surface area contributed by atoms with E-state index in [4.69, 9.17) is 0 Å². The number of hydrogen-bond acceptors (Lipinski definition) is 2. The molecule has 1 aromatic heterocycles. The van der Waals surface area contributed by atoms with Crippen LogP contribution in [0.5, 0.6) is 0 Å². The van der Waals surface area contributed by atoms with E-state index in [0.717, 1.165) is 31.6 Å². The van der Waals surface area contributed by atoms with Gasteiger partial charge in [-0.3, -0.25) is 0 Å². The fraction of sp³-hybridized carbons (Fsp3) is 0.471. The van der Waals surface area contributed by atoms with Crippen LogP contribution >= 0.6 is 0 Å². The molecule has 0 unspecified atom stereocenters. The maximum absolute atomic E-state index is 13.1. The van der Waals surface area contributed by atoms with Gasteiger partial charge in [-0.15, -0.1) is 0 Å². The third-order valence-electron chi connectivity index (χ3n) is 3.58. The average Bonchev–Trinajstić information content (AvgIpc) is 2.85. The van der Waals surface area contributed by atoms with Crippen molar-refractivity contribution in [2.24, 2.45) is 5.92 Å². The van der Waals surface area contributed by atoms with E-state index in [1.807, 2.05) is 25.5 Å². The highest BCUT2D eigenvalue weighted by molar-refractivity contribution is 5.26. The van der Waals surface area contributed by atoms with E-state index < -0.39 is 0 Å². The second-order valence-corrected chi connectivity index (χ2v) is 5.92. The molecule has 0 fully saturated rings. The van der Waals surface area contributed by atoms with Crippen LogP contribution in [0.15, 0.2) is 30.7 Å². The lowest BCUT2D eigenvalue weighted by Gasteiger charge is -2.11. The van der Waals surface area contributed by atoms with Gasteiger partial charge < -0.3 is 9.88 Å². The fourth-order valence-corrected chi connectivity index (χ4v) is 2.37. The number of aryl methyl sites for hydroxylation is 3. The molecule has 0 bridgehead atoms. The van der Waals surface area contributed by atoms with E-state index in [-0.39, 0.29) is 5.82 Å². The normalized spacial score (nSPS) is 11.3. The van der Waals surface area contributed by atoms with E-state index in [9.17, 15) is 4.39 Å². The van der Waals surface area contributed by atoms with Crippen LogP contribution in [0.3, 0.4) is 0 Å². The first-order chi connectivity index (χ1) is 10.1.